The van der Waals surface area contributed by atoms with E-state index in [2.05, 4.69) is 0 Å². The Morgan fingerprint density at radius 2 is 2.12 bits per heavy atom. The summed E-state index contributed by atoms with van der Waals surface area (Å²) in [4.78, 5) is 6.93. The molecule has 0 aliphatic rings. The number of carbonyl (C=O) groups excluding carboxylic acids is 1. The third kappa shape index (κ3) is 6.01. The molecule has 1 nitrogen and oxygen atoms in total. The lowest BCUT2D eigenvalue weighted by Crippen LogP contribution is -2.09. The molecule has 0 spiro atoms. The highest BCUT2D eigenvalue weighted by Crippen LogP contribution is 2.25. The number of rotatable bonds is 2. The van der Waals surface area contributed by atoms with Crippen molar-refractivity contribution in [3.63, 3.8) is 0 Å². The highest BCUT2D eigenvalue weighted by molar-refractivity contribution is 9.10. The van der Waals surface area contributed by atoms with Crippen molar-refractivity contribution >= 4 is 21.7 Å². The third-order valence-corrected chi connectivity index (χ3v) is 0.730. The first-order chi connectivity index (χ1) is 3.42. The van der Waals surface area contributed by atoms with E-state index in [-0.39, 0.29) is 0 Å². The second-order valence-electron chi connectivity index (χ2n) is 1.49. The second-order valence-corrected chi connectivity index (χ2v) is 2.65. The fourth-order valence-corrected chi connectivity index (χ4v) is 0.677. The third-order valence-electron chi connectivity index (χ3n) is 0.449. The van der Waals surface area contributed by atoms with E-state index in [0.29, 0.717) is 0 Å². The number of hydrogen-bond acceptors (Lipinski definition) is 1. The van der Waals surface area contributed by atoms with Gasteiger partial charge in [-0.25, -0.2) is 0 Å². The molecule has 0 aromatic rings. The first kappa shape index (κ1) is 8.01. The van der Waals surface area contributed by atoms with Crippen LogP contribution in [-0.4, -0.2) is 10.6 Å². The number of alkyl halides is 3. The van der Waals surface area contributed by atoms with Crippen molar-refractivity contribution < 1.29 is 13.6 Å². The van der Waals surface area contributed by atoms with E-state index in [0.717, 1.165) is 6.92 Å². The quantitative estimate of drug-likeness (QED) is 0.603. The van der Waals surface area contributed by atoms with Crippen molar-refractivity contribution in [2.24, 2.45) is 0 Å². The number of hydrogen-bond donors (Lipinski definition) is 0. The van der Waals surface area contributed by atoms with Crippen LogP contribution in [0.15, 0.2) is 0 Å². The molecule has 0 heterocycles. The summed E-state index contributed by atoms with van der Waals surface area (Å²) in [6.07, 6.45) is -0.729. The van der Waals surface area contributed by atoms with Crippen molar-refractivity contribution in [1.29, 1.82) is 0 Å². The van der Waals surface area contributed by atoms with Crippen LogP contribution in [0.4, 0.5) is 8.78 Å². The smallest absolute Gasteiger partial charge is 0.300 e. The minimum Gasteiger partial charge on any atom is -0.300 e. The molecule has 0 radical (unpaired) electrons. The molecule has 0 bridgehead atoms. The lowest BCUT2D eigenvalue weighted by Gasteiger charge is -2.02. The van der Waals surface area contributed by atoms with E-state index in [1.807, 2.05) is 15.9 Å². The van der Waals surface area contributed by atoms with Gasteiger partial charge < -0.3 is 0 Å². The molecule has 0 unspecified atom stereocenters. The molecule has 0 saturated carbocycles. The van der Waals surface area contributed by atoms with E-state index in [4.69, 9.17) is 0 Å². The summed E-state index contributed by atoms with van der Waals surface area (Å²) in [7, 11) is 0. The summed E-state index contributed by atoms with van der Waals surface area (Å²) in [6.45, 7) is 1.12. The maximum absolute atomic E-state index is 11.7. The zero-order chi connectivity index (χ0) is 6.78. The minimum atomic E-state index is -3.02. The molecule has 0 N–H and O–H groups in total. The Hall–Kier alpha value is 0.01000. The number of halogens is 3. The largest absolute Gasteiger partial charge is 0.308 e. The van der Waals surface area contributed by atoms with Gasteiger partial charge in [-0.05, 0) is 22.9 Å². The van der Waals surface area contributed by atoms with Crippen LogP contribution in [-0.2, 0) is 4.79 Å². The van der Waals surface area contributed by atoms with Gasteiger partial charge in [0.15, 0.2) is 0 Å². The maximum Gasteiger partial charge on any atom is 0.308 e. The molecule has 0 fully saturated rings. The van der Waals surface area contributed by atoms with E-state index >= 15 is 0 Å². The molecule has 0 saturated heterocycles. The van der Waals surface area contributed by atoms with Crippen molar-refractivity contribution in [2.75, 3.05) is 0 Å². The molecule has 8 heavy (non-hydrogen) atoms. The van der Waals surface area contributed by atoms with Crippen LogP contribution >= 0.6 is 15.9 Å². The molecule has 0 aromatic carbocycles. The zero-order valence-corrected chi connectivity index (χ0v) is 5.84. The Labute approximate surface area is 54.2 Å². The molecule has 0 aromatic heterocycles. The molecule has 0 atom stereocenters. The molecule has 0 amide bonds. The van der Waals surface area contributed by atoms with Crippen LogP contribution in [0, 0.1) is 0 Å². The normalized spacial score (nSPS) is 11.5. The number of Topliss-reactive ketones (excluding diaryl/α,β-unsaturated/α-hetero) is 1. The first-order valence-corrected chi connectivity index (χ1v) is 2.77. The summed E-state index contributed by atoms with van der Waals surface area (Å²) in [6, 6.07) is 0. The van der Waals surface area contributed by atoms with Gasteiger partial charge in [0, 0.05) is 0 Å². The average molecular weight is 187 g/mol. The SMILES string of the molecule is CC(=O)CC(F)(F)Br. The second kappa shape index (κ2) is 2.53. The van der Waals surface area contributed by atoms with Crippen molar-refractivity contribution in [2.45, 2.75) is 18.2 Å². The Morgan fingerprint density at radius 3 is 2.12 bits per heavy atom. The van der Waals surface area contributed by atoms with Gasteiger partial charge in [-0.2, -0.15) is 8.78 Å². The van der Waals surface area contributed by atoms with E-state index in [9.17, 15) is 13.6 Å². The number of ketones is 1. The maximum atomic E-state index is 11.7. The summed E-state index contributed by atoms with van der Waals surface area (Å²) in [5.74, 6) is -0.521. The summed E-state index contributed by atoms with van der Waals surface area (Å²) in [5, 5.41) is 0. The average Bonchev–Trinajstić information content (AvgIpc) is 1.21. The van der Waals surface area contributed by atoms with Gasteiger partial charge in [-0.1, -0.05) is 0 Å². The van der Waals surface area contributed by atoms with Gasteiger partial charge in [0.2, 0.25) is 0 Å². The lowest BCUT2D eigenvalue weighted by atomic mass is 10.3. The number of carbonyl (C=O) groups is 1. The Morgan fingerprint density at radius 1 is 1.75 bits per heavy atom. The molecular weight excluding hydrogens is 182 g/mol. The van der Waals surface area contributed by atoms with Crippen LogP contribution in [0.5, 0.6) is 0 Å². The Balaban J connectivity index is 3.55. The van der Waals surface area contributed by atoms with Gasteiger partial charge in [0.1, 0.15) is 5.78 Å². The van der Waals surface area contributed by atoms with E-state index in [1.165, 1.54) is 0 Å². The summed E-state index contributed by atoms with van der Waals surface area (Å²) < 4.78 is 23.3. The molecule has 48 valence electrons. The van der Waals surface area contributed by atoms with Crippen LogP contribution in [0.2, 0.25) is 0 Å². The standard InChI is InChI=1S/C4H5BrF2O/c1-3(8)2-4(5,6)7/h2H2,1H3. The van der Waals surface area contributed by atoms with Gasteiger partial charge in [0.05, 0.1) is 6.42 Å². The van der Waals surface area contributed by atoms with Gasteiger partial charge in [0.25, 0.3) is 0 Å². The highest BCUT2D eigenvalue weighted by Gasteiger charge is 2.25. The highest BCUT2D eigenvalue weighted by atomic mass is 79.9. The fraction of sp³-hybridized carbons (Fsp3) is 0.750. The van der Waals surface area contributed by atoms with E-state index < -0.39 is 17.0 Å². The molecule has 0 aliphatic heterocycles. The topological polar surface area (TPSA) is 17.1 Å². The predicted octanol–water partition coefficient (Wildman–Crippen LogP) is 1.95. The molecule has 4 heteroatoms. The first-order valence-electron chi connectivity index (χ1n) is 1.98. The molecule has 0 aliphatic carbocycles. The Kier molecular flexibility index (Phi) is 2.53. The van der Waals surface area contributed by atoms with Crippen molar-refractivity contribution in [1.82, 2.24) is 0 Å². The summed E-state index contributed by atoms with van der Waals surface area (Å²) in [5.41, 5.74) is 0. The van der Waals surface area contributed by atoms with Gasteiger partial charge >= 0.3 is 4.83 Å². The van der Waals surface area contributed by atoms with Gasteiger partial charge in [-0.15, -0.1) is 0 Å². The summed E-state index contributed by atoms with van der Waals surface area (Å²) >= 11 is 2.02. The van der Waals surface area contributed by atoms with Crippen LogP contribution < -0.4 is 0 Å². The fourth-order valence-electron chi connectivity index (χ4n) is 0.282. The van der Waals surface area contributed by atoms with Crippen LogP contribution in [0.25, 0.3) is 0 Å². The monoisotopic (exact) mass is 186 g/mol. The predicted molar refractivity (Wildman–Crippen MR) is 29.2 cm³/mol. The van der Waals surface area contributed by atoms with E-state index in [1.54, 1.807) is 0 Å². The zero-order valence-electron chi connectivity index (χ0n) is 4.25. The molecular formula is C4H5BrF2O. The van der Waals surface area contributed by atoms with Gasteiger partial charge in [-0.3, -0.25) is 4.79 Å². The van der Waals surface area contributed by atoms with Crippen LogP contribution in [0.1, 0.15) is 13.3 Å². The van der Waals surface area contributed by atoms with Crippen molar-refractivity contribution in [3.8, 4) is 0 Å². The molecule has 0 rings (SSSR count). The van der Waals surface area contributed by atoms with Crippen molar-refractivity contribution in [3.05, 3.63) is 0 Å². The lowest BCUT2D eigenvalue weighted by molar-refractivity contribution is -0.120. The van der Waals surface area contributed by atoms with Crippen LogP contribution in [0.3, 0.4) is 0 Å². The minimum absolute atomic E-state index is 0.521. The Bertz CT molecular complexity index is 96.7.